The van der Waals surface area contributed by atoms with Gasteiger partial charge in [0.1, 0.15) is 12.7 Å². The van der Waals surface area contributed by atoms with Crippen LogP contribution in [0.3, 0.4) is 0 Å². The third kappa shape index (κ3) is 1.02. The molecule has 4 aromatic rings. The molecule has 6 nitrogen and oxygen atoms in total. The van der Waals surface area contributed by atoms with E-state index in [0.29, 0.717) is 11.5 Å². The summed E-state index contributed by atoms with van der Waals surface area (Å²) in [5, 5.41) is 0. The lowest BCUT2D eigenvalue weighted by Gasteiger charge is -1.90. The Morgan fingerprint density at radius 2 is 2.32 bits per heavy atom. The van der Waals surface area contributed by atoms with Gasteiger partial charge < -0.3 is 4.42 Å². The van der Waals surface area contributed by atoms with Gasteiger partial charge >= 0.3 is 17.1 Å². The van der Waals surface area contributed by atoms with Gasteiger partial charge in [-0.3, -0.25) is 4.98 Å². The van der Waals surface area contributed by atoms with E-state index in [2.05, 4.69) is 19.5 Å². The molecular weight excluding hydrogens is 242 g/mol. The molecule has 0 N–H and O–H groups in total. The monoisotopic (exact) mass is 250 g/mol. The van der Waals surface area contributed by atoms with E-state index in [1.54, 1.807) is 12.4 Å². The number of nitrogens with zero attached hydrogens (tertiary/aromatic N) is 5. The van der Waals surface area contributed by atoms with Gasteiger partial charge in [0, 0.05) is 24.2 Å². The van der Waals surface area contributed by atoms with Gasteiger partial charge in [0.15, 0.2) is 0 Å². The fourth-order valence-electron chi connectivity index (χ4n) is 2.69. The van der Waals surface area contributed by atoms with Crippen molar-refractivity contribution in [3.63, 3.8) is 0 Å². The second-order valence-corrected chi connectivity index (χ2v) is 4.56. The van der Waals surface area contributed by atoms with Crippen LogP contribution in [0.15, 0.2) is 41.3 Å². The van der Waals surface area contributed by atoms with Crippen LogP contribution in [0.1, 0.15) is 5.56 Å². The van der Waals surface area contributed by atoms with Crippen molar-refractivity contribution in [1.82, 2.24) is 19.4 Å². The van der Waals surface area contributed by atoms with Crippen molar-refractivity contribution in [2.24, 2.45) is 0 Å². The van der Waals surface area contributed by atoms with Crippen molar-refractivity contribution >= 4 is 17.1 Å². The molecule has 0 unspecified atom stereocenters. The van der Waals surface area contributed by atoms with Crippen LogP contribution >= 0.6 is 0 Å². The van der Waals surface area contributed by atoms with Crippen molar-refractivity contribution in [3.05, 3.63) is 42.5 Å². The Labute approximate surface area is 107 Å². The van der Waals surface area contributed by atoms with E-state index in [1.807, 2.05) is 28.9 Å². The lowest BCUT2D eigenvalue weighted by atomic mass is 10.2. The molecule has 0 spiro atoms. The van der Waals surface area contributed by atoms with Crippen LogP contribution in [-0.4, -0.2) is 19.4 Å². The molecule has 0 bridgehead atoms. The standard InChI is InChI=1S/C13H8N5O/c1-3-15-13-16-10-11(17(13)5-1)18-7-8-6-14-4-2-9(8)12(18)19-10/h1-6H,7H2/q+1. The highest BCUT2D eigenvalue weighted by molar-refractivity contribution is 5.71. The maximum atomic E-state index is 5.89. The van der Waals surface area contributed by atoms with Crippen molar-refractivity contribution in [2.45, 2.75) is 6.54 Å². The Kier molecular flexibility index (Phi) is 1.44. The molecule has 0 aromatic carbocycles. The summed E-state index contributed by atoms with van der Waals surface area (Å²) >= 11 is 0. The molecule has 0 saturated carbocycles. The molecule has 6 heteroatoms. The second kappa shape index (κ2) is 2.97. The van der Waals surface area contributed by atoms with Crippen LogP contribution in [0.25, 0.3) is 28.6 Å². The van der Waals surface area contributed by atoms with Crippen molar-refractivity contribution in [3.8, 4) is 11.5 Å². The molecule has 1 aliphatic heterocycles. The largest absolute Gasteiger partial charge is 0.395 e. The van der Waals surface area contributed by atoms with Gasteiger partial charge in [0.2, 0.25) is 0 Å². The van der Waals surface area contributed by atoms with E-state index in [0.717, 1.165) is 23.6 Å². The summed E-state index contributed by atoms with van der Waals surface area (Å²) in [6.45, 7) is 0.758. The van der Waals surface area contributed by atoms with Gasteiger partial charge in [-0.1, -0.05) is 0 Å². The summed E-state index contributed by atoms with van der Waals surface area (Å²) in [4.78, 5) is 12.8. The molecule has 0 fully saturated rings. The van der Waals surface area contributed by atoms with Gasteiger partial charge in [-0.05, 0) is 12.1 Å². The number of pyridine rings is 1. The first-order chi connectivity index (χ1) is 9.42. The Morgan fingerprint density at radius 1 is 1.32 bits per heavy atom. The van der Waals surface area contributed by atoms with Crippen LogP contribution in [0, 0.1) is 0 Å². The van der Waals surface area contributed by atoms with Crippen LogP contribution < -0.4 is 4.57 Å². The lowest BCUT2D eigenvalue weighted by Crippen LogP contribution is -2.31. The average molecular weight is 250 g/mol. The zero-order valence-electron chi connectivity index (χ0n) is 9.82. The molecule has 5 heterocycles. The topological polar surface area (TPSA) is 60.1 Å². The number of fused-ring (bicyclic) bond motifs is 7. The Hall–Kier alpha value is -2.76. The Balaban J connectivity index is 1.94. The summed E-state index contributed by atoms with van der Waals surface area (Å²) < 4.78 is 9.95. The number of aromatic nitrogens is 5. The third-order valence-electron chi connectivity index (χ3n) is 3.50. The lowest BCUT2D eigenvalue weighted by molar-refractivity contribution is -0.651. The first kappa shape index (κ1) is 9.21. The van der Waals surface area contributed by atoms with E-state index < -0.39 is 0 Å². The normalized spacial score (nSPS) is 13.1. The van der Waals surface area contributed by atoms with Crippen LogP contribution in [0.5, 0.6) is 0 Å². The fourth-order valence-corrected chi connectivity index (χ4v) is 2.69. The molecular formula is C13H8N5O+. The number of oxazole rings is 1. The number of hydrogen-bond donors (Lipinski definition) is 0. The number of hydrogen-bond acceptors (Lipinski definition) is 4. The quantitative estimate of drug-likeness (QED) is 0.387. The summed E-state index contributed by atoms with van der Waals surface area (Å²) in [7, 11) is 0. The summed E-state index contributed by atoms with van der Waals surface area (Å²) in [5.74, 6) is 1.49. The first-order valence-electron chi connectivity index (χ1n) is 6.00. The SMILES string of the molecule is c1cnc2nc3oc4[n+](c3n2c1)Cc1cnccc1-4. The molecule has 19 heavy (non-hydrogen) atoms. The average Bonchev–Trinajstić information content (AvgIpc) is 3.05. The second-order valence-electron chi connectivity index (χ2n) is 4.56. The van der Waals surface area contributed by atoms with E-state index in [4.69, 9.17) is 4.42 Å². The maximum Gasteiger partial charge on any atom is 0.356 e. The summed E-state index contributed by atoms with van der Waals surface area (Å²) in [5.41, 5.74) is 3.82. The van der Waals surface area contributed by atoms with E-state index in [9.17, 15) is 0 Å². The molecule has 0 amide bonds. The highest BCUT2D eigenvalue weighted by Gasteiger charge is 2.33. The highest BCUT2D eigenvalue weighted by Crippen LogP contribution is 2.30. The maximum absolute atomic E-state index is 5.89. The molecule has 1 aliphatic rings. The van der Waals surface area contributed by atoms with Crippen molar-refractivity contribution in [2.75, 3.05) is 0 Å². The van der Waals surface area contributed by atoms with Crippen molar-refractivity contribution < 1.29 is 8.98 Å². The zero-order valence-corrected chi connectivity index (χ0v) is 9.82. The number of imidazole rings is 1. The van der Waals surface area contributed by atoms with E-state index in [-0.39, 0.29) is 0 Å². The van der Waals surface area contributed by atoms with Crippen LogP contribution in [-0.2, 0) is 6.54 Å². The number of rotatable bonds is 0. The van der Waals surface area contributed by atoms with E-state index >= 15 is 0 Å². The minimum atomic E-state index is 0.621. The predicted octanol–water partition coefficient (Wildman–Crippen LogP) is 1.19. The van der Waals surface area contributed by atoms with Crippen LogP contribution in [0.2, 0.25) is 0 Å². The van der Waals surface area contributed by atoms with E-state index in [1.165, 1.54) is 5.56 Å². The smallest absolute Gasteiger partial charge is 0.356 e. The molecule has 0 radical (unpaired) electrons. The molecule has 0 atom stereocenters. The third-order valence-corrected chi connectivity index (χ3v) is 3.50. The molecule has 0 aliphatic carbocycles. The van der Waals surface area contributed by atoms with Crippen LogP contribution in [0.4, 0.5) is 0 Å². The summed E-state index contributed by atoms with van der Waals surface area (Å²) in [6, 6.07) is 3.86. The molecule has 4 aromatic heterocycles. The molecule has 90 valence electrons. The van der Waals surface area contributed by atoms with Gasteiger partial charge in [-0.15, -0.1) is 4.98 Å². The van der Waals surface area contributed by atoms with Crippen molar-refractivity contribution in [1.29, 1.82) is 0 Å². The van der Waals surface area contributed by atoms with Gasteiger partial charge in [-0.2, -0.15) is 14.0 Å². The van der Waals surface area contributed by atoms with Gasteiger partial charge in [-0.25, -0.2) is 0 Å². The zero-order chi connectivity index (χ0) is 12.4. The Bertz CT molecular complexity index is 952. The predicted molar refractivity (Wildman–Crippen MR) is 65.3 cm³/mol. The molecule has 0 saturated heterocycles. The first-order valence-corrected chi connectivity index (χ1v) is 6.00. The minimum absolute atomic E-state index is 0.621. The van der Waals surface area contributed by atoms with Gasteiger partial charge in [0.05, 0.1) is 5.56 Å². The highest BCUT2D eigenvalue weighted by atomic mass is 16.4. The minimum Gasteiger partial charge on any atom is -0.395 e. The summed E-state index contributed by atoms with van der Waals surface area (Å²) in [6.07, 6.45) is 7.33. The Morgan fingerprint density at radius 3 is 3.32 bits per heavy atom. The fraction of sp³-hybridized carbons (Fsp3) is 0.0769. The molecule has 5 rings (SSSR count). The van der Waals surface area contributed by atoms with Gasteiger partial charge in [0.25, 0.3) is 5.89 Å².